The van der Waals surface area contributed by atoms with Crippen molar-refractivity contribution in [3.8, 4) is 17.0 Å². The Labute approximate surface area is 120 Å². The number of nitrogens with zero attached hydrogens (tertiary/aromatic N) is 2. The van der Waals surface area contributed by atoms with Crippen LogP contribution in [0.3, 0.4) is 0 Å². The first-order chi connectivity index (χ1) is 9.70. The topological polar surface area (TPSA) is 58.0 Å². The number of anilines is 2. The van der Waals surface area contributed by atoms with E-state index in [2.05, 4.69) is 15.3 Å². The molecule has 1 aromatic carbocycles. The van der Waals surface area contributed by atoms with Crippen molar-refractivity contribution >= 4 is 22.3 Å². The fraction of sp³-hybridized carbons (Fsp3) is 0.0667. The van der Waals surface area contributed by atoms with Crippen LogP contribution in [-0.4, -0.2) is 15.1 Å². The number of rotatable bonds is 3. The van der Waals surface area contributed by atoms with Crippen LogP contribution in [0.4, 0.5) is 10.9 Å². The second-order valence-electron chi connectivity index (χ2n) is 4.37. The Kier molecular flexibility index (Phi) is 3.35. The number of aryl methyl sites for hydroxylation is 1. The summed E-state index contributed by atoms with van der Waals surface area (Å²) in [6.45, 7) is 1.95. The van der Waals surface area contributed by atoms with Crippen molar-refractivity contribution in [2.45, 2.75) is 6.92 Å². The number of hydrogen-bond acceptors (Lipinski definition) is 5. The van der Waals surface area contributed by atoms with Crippen molar-refractivity contribution in [3.63, 3.8) is 0 Å². The van der Waals surface area contributed by atoms with Crippen LogP contribution >= 0.6 is 11.3 Å². The molecule has 20 heavy (non-hydrogen) atoms. The molecule has 2 heterocycles. The largest absolute Gasteiger partial charge is 0.508 e. The van der Waals surface area contributed by atoms with E-state index in [0.29, 0.717) is 0 Å². The predicted molar refractivity (Wildman–Crippen MR) is 81.5 cm³/mol. The molecule has 100 valence electrons. The molecule has 0 saturated carbocycles. The maximum Gasteiger partial charge on any atom is 0.188 e. The van der Waals surface area contributed by atoms with Gasteiger partial charge in [-0.3, -0.25) is 0 Å². The van der Waals surface area contributed by atoms with Crippen molar-refractivity contribution in [2.24, 2.45) is 0 Å². The van der Waals surface area contributed by atoms with Crippen LogP contribution in [0.1, 0.15) is 5.69 Å². The van der Waals surface area contributed by atoms with Gasteiger partial charge in [-0.05, 0) is 43.3 Å². The molecule has 5 heteroatoms. The Hall–Kier alpha value is -2.40. The van der Waals surface area contributed by atoms with E-state index in [1.54, 1.807) is 12.1 Å². The third-order valence-corrected chi connectivity index (χ3v) is 3.55. The molecule has 0 unspecified atom stereocenters. The van der Waals surface area contributed by atoms with Crippen LogP contribution in [-0.2, 0) is 0 Å². The van der Waals surface area contributed by atoms with E-state index in [1.165, 1.54) is 11.3 Å². The van der Waals surface area contributed by atoms with Gasteiger partial charge in [-0.15, -0.1) is 11.3 Å². The fourth-order valence-corrected chi connectivity index (χ4v) is 2.54. The Morgan fingerprint density at radius 3 is 2.60 bits per heavy atom. The third kappa shape index (κ3) is 2.78. The summed E-state index contributed by atoms with van der Waals surface area (Å²) in [7, 11) is 0. The molecule has 0 atom stereocenters. The lowest BCUT2D eigenvalue weighted by atomic mass is 10.2. The van der Waals surface area contributed by atoms with Crippen LogP contribution < -0.4 is 5.32 Å². The number of phenols is 1. The van der Waals surface area contributed by atoms with Crippen molar-refractivity contribution in [3.05, 3.63) is 53.5 Å². The van der Waals surface area contributed by atoms with Crippen molar-refractivity contribution < 1.29 is 5.11 Å². The lowest BCUT2D eigenvalue weighted by Crippen LogP contribution is -1.93. The Morgan fingerprint density at radius 2 is 1.85 bits per heavy atom. The summed E-state index contributed by atoms with van der Waals surface area (Å²) in [6.07, 6.45) is 0. The summed E-state index contributed by atoms with van der Waals surface area (Å²) < 4.78 is 0. The molecule has 0 amide bonds. The summed E-state index contributed by atoms with van der Waals surface area (Å²) in [5.41, 5.74) is 2.82. The number of nitrogens with one attached hydrogen (secondary N) is 1. The van der Waals surface area contributed by atoms with Gasteiger partial charge in [0.15, 0.2) is 5.13 Å². The number of aromatic nitrogens is 2. The van der Waals surface area contributed by atoms with E-state index >= 15 is 0 Å². The fourth-order valence-electron chi connectivity index (χ4n) is 1.82. The van der Waals surface area contributed by atoms with E-state index in [4.69, 9.17) is 0 Å². The summed E-state index contributed by atoms with van der Waals surface area (Å²) in [4.78, 5) is 8.91. The standard InChI is InChI=1S/C15H13N3OS/c1-10-3-2-4-14(16-10)18-15-17-13(9-20-15)11-5-7-12(19)8-6-11/h2-9,19H,1H3,(H,16,17,18). The lowest BCUT2D eigenvalue weighted by molar-refractivity contribution is 0.475. The molecule has 2 N–H and O–H groups in total. The van der Waals surface area contributed by atoms with Gasteiger partial charge in [-0.25, -0.2) is 9.97 Å². The highest BCUT2D eigenvalue weighted by molar-refractivity contribution is 7.14. The Balaban J connectivity index is 1.82. The summed E-state index contributed by atoms with van der Waals surface area (Å²) in [5.74, 6) is 1.04. The van der Waals surface area contributed by atoms with E-state index in [-0.39, 0.29) is 5.75 Å². The van der Waals surface area contributed by atoms with Crippen LogP contribution in [0, 0.1) is 6.92 Å². The maximum atomic E-state index is 9.29. The molecular formula is C15H13N3OS. The van der Waals surface area contributed by atoms with E-state index in [1.807, 2.05) is 42.6 Å². The second kappa shape index (κ2) is 5.30. The summed E-state index contributed by atoms with van der Waals surface area (Å²) >= 11 is 1.52. The van der Waals surface area contributed by atoms with Gasteiger partial charge in [0.2, 0.25) is 0 Å². The zero-order valence-electron chi connectivity index (χ0n) is 10.9. The van der Waals surface area contributed by atoms with Gasteiger partial charge in [-0.2, -0.15) is 0 Å². The molecule has 3 aromatic rings. The minimum absolute atomic E-state index is 0.256. The highest BCUT2D eigenvalue weighted by Gasteiger charge is 2.05. The van der Waals surface area contributed by atoms with Crippen LogP contribution in [0.2, 0.25) is 0 Å². The zero-order chi connectivity index (χ0) is 13.9. The maximum absolute atomic E-state index is 9.29. The van der Waals surface area contributed by atoms with Crippen molar-refractivity contribution in [1.29, 1.82) is 0 Å². The average Bonchev–Trinajstić information content (AvgIpc) is 2.88. The third-order valence-electron chi connectivity index (χ3n) is 2.79. The molecule has 0 aliphatic heterocycles. The second-order valence-corrected chi connectivity index (χ2v) is 5.23. The minimum Gasteiger partial charge on any atom is -0.508 e. The molecule has 3 rings (SSSR count). The van der Waals surface area contributed by atoms with Crippen LogP contribution in [0.15, 0.2) is 47.8 Å². The predicted octanol–water partition coefficient (Wildman–Crippen LogP) is 3.96. The molecule has 0 aliphatic rings. The zero-order valence-corrected chi connectivity index (χ0v) is 11.7. The lowest BCUT2D eigenvalue weighted by Gasteiger charge is -2.02. The Bertz CT molecular complexity index is 722. The summed E-state index contributed by atoms with van der Waals surface area (Å²) in [6, 6.07) is 12.8. The Morgan fingerprint density at radius 1 is 1.05 bits per heavy atom. The molecular weight excluding hydrogens is 270 g/mol. The van der Waals surface area contributed by atoms with Gasteiger partial charge in [0.1, 0.15) is 11.6 Å². The monoisotopic (exact) mass is 283 g/mol. The first kappa shape index (κ1) is 12.6. The number of aromatic hydroxyl groups is 1. The average molecular weight is 283 g/mol. The van der Waals surface area contributed by atoms with Gasteiger partial charge in [-0.1, -0.05) is 6.07 Å². The number of thiazole rings is 1. The highest BCUT2D eigenvalue weighted by Crippen LogP contribution is 2.27. The minimum atomic E-state index is 0.256. The number of benzene rings is 1. The number of hydrogen-bond donors (Lipinski definition) is 2. The molecule has 0 spiro atoms. The van der Waals surface area contributed by atoms with Crippen molar-refractivity contribution in [2.75, 3.05) is 5.32 Å². The first-order valence-electron chi connectivity index (χ1n) is 6.16. The van der Waals surface area contributed by atoms with E-state index < -0.39 is 0 Å². The van der Waals surface area contributed by atoms with Gasteiger partial charge < -0.3 is 10.4 Å². The van der Waals surface area contributed by atoms with Gasteiger partial charge in [0.05, 0.1) is 5.69 Å². The molecule has 0 bridgehead atoms. The summed E-state index contributed by atoms with van der Waals surface area (Å²) in [5, 5.41) is 15.3. The van der Waals surface area contributed by atoms with Crippen LogP contribution in [0.25, 0.3) is 11.3 Å². The van der Waals surface area contributed by atoms with Crippen molar-refractivity contribution in [1.82, 2.24) is 9.97 Å². The molecule has 0 aliphatic carbocycles. The van der Waals surface area contributed by atoms with Gasteiger partial charge in [0, 0.05) is 16.6 Å². The molecule has 2 aromatic heterocycles. The highest BCUT2D eigenvalue weighted by atomic mass is 32.1. The van der Waals surface area contributed by atoms with Crippen LogP contribution in [0.5, 0.6) is 5.75 Å². The quantitative estimate of drug-likeness (QED) is 0.763. The molecule has 0 fully saturated rings. The molecule has 0 radical (unpaired) electrons. The van der Waals surface area contributed by atoms with E-state index in [9.17, 15) is 5.11 Å². The smallest absolute Gasteiger partial charge is 0.188 e. The SMILES string of the molecule is Cc1cccc(Nc2nc(-c3ccc(O)cc3)cs2)n1. The molecule has 0 saturated heterocycles. The molecule has 4 nitrogen and oxygen atoms in total. The van der Waals surface area contributed by atoms with E-state index in [0.717, 1.165) is 27.9 Å². The van der Waals surface area contributed by atoms with Gasteiger partial charge >= 0.3 is 0 Å². The normalized spacial score (nSPS) is 10.4. The first-order valence-corrected chi connectivity index (χ1v) is 7.04. The van der Waals surface area contributed by atoms with Gasteiger partial charge in [0.25, 0.3) is 0 Å². The number of phenolic OH excluding ortho intramolecular Hbond substituents is 1. The number of pyridine rings is 1.